The first-order valence-corrected chi connectivity index (χ1v) is 13.4. The third kappa shape index (κ3) is 7.50. The summed E-state index contributed by atoms with van der Waals surface area (Å²) in [6.45, 7) is 11.8. The first-order valence-electron chi connectivity index (χ1n) is 13.0. The number of carbonyl (C=O) groups excluding carboxylic acids is 4. The lowest BCUT2D eigenvalue weighted by Gasteiger charge is -2.29. The van der Waals surface area contributed by atoms with E-state index in [0.29, 0.717) is 34.7 Å². The lowest BCUT2D eigenvalue weighted by atomic mass is 10.0. The molecule has 0 saturated heterocycles. The standard InChI is InChI=1S/C29H35ClN2O8/c1-8-38-25(35)16-23(33)22-12-10-19-13-17(14-24(34)31(19)22)20-15-18(30)9-11-21(20)32(26(36)39-28(2,3)4)27(37)40-29(5,6)7/h9,11,13-15,22H,8,10,12,16H2,1-7H3. The van der Waals surface area contributed by atoms with Crippen LogP contribution in [0.3, 0.4) is 0 Å². The number of pyridine rings is 1. The van der Waals surface area contributed by atoms with Crippen molar-refractivity contribution < 1.29 is 33.4 Å². The highest BCUT2D eigenvalue weighted by Gasteiger charge is 2.35. The molecule has 0 bridgehead atoms. The van der Waals surface area contributed by atoms with Crippen LogP contribution in [0.5, 0.6) is 0 Å². The lowest BCUT2D eigenvalue weighted by molar-refractivity contribution is -0.146. The molecule has 1 aromatic heterocycles. The molecular formula is C29H35ClN2O8. The smallest absolute Gasteiger partial charge is 0.424 e. The molecule has 1 aliphatic rings. The number of nitrogens with zero attached hydrogens (tertiary/aromatic N) is 2. The maximum absolute atomic E-state index is 13.3. The van der Waals surface area contributed by atoms with Crippen LogP contribution in [0.2, 0.25) is 5.02 Å². The molecule has 2 heterocycles. The number of hydrogen-bond donors (Lipinski definition) is 0. The first-order chi connectivity index (χ1) is 18.5. The Kier molecular flexibility index (Phi) is 9.14. The maximum atomic E-state index is 13.3. The SMILES string of the molecule is CCOC(=O)CC(=O)C1CCc2cc(-c3cc(Cl)ccc3N(C(=O)OC(C)(C)C)C(=O)OC(C)(C)C)cc(=O)n21. The number of carbonyl (C=O) groups is 4. The predicted octanol–water partition coefficient (Wildman–Crippen LogP) is 5.85. The van der Waals surface area contributed by atoms with Crippen molar-refractivity contribution in [1.29, 1.82) is 0 Å². The summed E-state index contributed by atoms with van der Waals surface area (Å²) in [5.74, 6) is -1.05. The molecule has 1 aromatic carbocycles. The number of halogens is 1. The third-order valence-electron chi connectivity index (χ3n) is 5.79. The first kappa shape index (κ1) is 30.9. The van der Waals surface area contributed by atoms with E-state index < -0.39 is 53.2 Å². The topological polar surface area (TPSA) is 121 Å². The van der Waals surface area contributed by atoms with Crippen LogP contribution >= 0.6 is 11.6 Å². The van der Waals surface area contributed by atoms with Crippen molar-refractivity contribution in [2.45, 2.75) is 85.0 Å². The molecule has 40 heavy (non-hydrogen) atoms. The number of esters is 1. The van der Waals surface area contributed by atoms with Crippen molar-refractivity contribution in [1.82, 2.24) is 4.57 Å². The fourth-order valence-corrected chi connectivity index (χ4v) is 4.52. The van der Waals surface area contributed by atoms with E-state index in [-0.39, 0.29) is 12.3 Å². The van der Waals surface area contributed by atoms with Gasteiger partial charge in [-0.1, -0.05) is 11.6 Å². The molecule has 3 rings (SSSR count). The number of benzene rings is 1. The van der Waals surface area contributed by atoms with Crippen LogP contribution in [0.4, 0.5) is 15.3 Å². The number of ketones is 1. The lowest BCUT2D eigenvalue weighted by Crippen LogP contribution is -2.44. The minimum absolute atomic E-state index is 0.102. The zero-order chi connectivity index (χ0) is 30.0. The van der Waals surface area contributed by atoms with Gasteiger partial charge >= 0.3 is 18.2 Å². The Morgan fingerprint density at radius 2 is 1.57 bits per heavy atom. The Morgan fingerprint density at radius 3 is 2.12 bits per heavy atom. The van der Waals surface area contributed by atoms with E-state index in [9.17, 15) is 24.0 Å². The van der Waals surface area contributed by atoms with Crippen LogP contribution < -0.4 is 10.5 Å². The van der Waals surface area contributed by atoms with E-state index >= 15 is 0 Å². The minimum atomic E-state index is -0.965. The quantitative estimate of drug-likeness (QED) is 0.239. The molecule has 0 fully saturated rings. The van der Waals surface area contributed by atoms with Crippen LogP contribution in [-0.4, -0.2) is 46.3 Å². The van der Waals surface area contributed by atoms with Gasteiger partial charge in [-0.25, -0.2) is 9.59 Å². The van der Waals surface area contributed by atoms with Crippen LogP contribution in [-0.2, 0) is 30.2 Å². The molecule has 0 saturated carbocycles. The summed E-state index contributed by atoms with van der Waals surface area (Å²) < 4.78 is 17.3. The van der Waals surface area contributed by atoms with Gasteiger partial charge in [-0.2, -0.15) is 4.90 Å². The van der Waals surface area contributed by atoms with Gasteiger partial charge in [0.05, 0.1) is 18.3 Å². The molecular weight excluding hydrogens is 540 g/mol. The minimum Gasteiger partial charge on any atom is -0.466 e. The number of fused-ring (bicyclic) bond motifs is 1. The molecule has 1 atom stereocenters. The Labute approximate surface area is 238 Å². The molecule has 0 N–H and O–H groups in total. The highest BCUT2D eigenvalue weighted by atomic mass is 35.5. The second-order valence-corrected chi connectivity index (χ2v) is 11.8. The number of Topliss-reactive ketones (excluding diaryl/α,β-unsaturated/α-hetero) is 1. The number of rotatable bonds is 6. The zero-order valence-corrected chi connectivity index (χ0v) is 24.6. The molecule has 0 aliphatic carbocycles. The number of aryl methyl sites for hydroxylation is 1. The van der Waals surface area contributed by atoms with Gasteiger partial charge in [0.2, 0.25) is 0 Å². The van der Waals surface area contributed by atoms with Crippen molar-refractivity contribution in [3.63, 3.8) is 0 Å². The number of anilines is 1. The molecule has 0 spiro atoms. The van der Waals surface area contributed by atoms with Crippen molar-refractivity contribution >= 4 is 41.2 Å². The molecule has 10 nitrogen and oxygen atoms in total. The van der Waals surface area contributed by atoms with Gasteiger partial charge in [-0.15, -0.1) is 0 Å². The van der Waals surface area contributed by atoms with E-state index in [4.69, 9.17) is 25.8 Å². The Morgan fingerprint density at radius 1 is 0.975 bits per heavy atom. The second kappa shape index (κ2) is 11.8. The van der Waals surface area contributed by atoms with Gasteiger partial charge in [-0.3, -0.25) is 14.4 Å². The Balaban J connectivity index is 2.10. The summed E-state index contributed by atoms with van der Waals surface area (Å²) in [7, 11) is 0. The fourth-order valence-electron chi connectivity index (χ4n) is 4.35. The summed E-state index contributed by atoms with van der Waals surface area (Å²) in [4.78, 5) is 65.3. The average Bonchev–Trinajstić information content (AvgIpc) is 3.23. The van der Waals surface area contributed by atoms with Gasteiger partial charge < -0.3 is 18.8 Å². The molecule has 1 aliphatic heterocycles. The predicted molar refractivity (Wildman–Crippen MR) is 150 cm³/mol. The fraction of sp³-hybridized carbons (Fsp3) is 0.483. The van der Waals surface area contributed by atoms with Crippen LogP contribution in [0.1, 0.15) is 73.0 Å². The van der Waals surface area contributed by atoms with Gasteiger partial charge in [0.1, 0.15) is 17.6 Å². The van der Waals surface area contributed by atoms with Crippen molar-refractivity contribution in [2.24, 2.45) is 0 Å². The summed E-state index contributed by atoms with van der Waals surface area (Å²) in [5, 5.41) is 0.301. The number of ether oxygens (including phenoxy) is 3. The second-order valence-electron chi connectivity index (χ2n) is 11.4. The Bertz CT molecular complexity index is 1360. The van der Waals surface area contributed by atoms with Crippen LogP contribution in [0.25, 0.3) is 11.1 Å². The maximum Gasteiger partial charge on any atom is 0.424 e. The average molecular weight is 575 g/mol. The third-order valence-corrected chi connectivity index (χ3v) is 6.03. The van der Waals surface area contributed by atoms with Gasteiger partial charge in [-0.05, 0) is 91.1 Å². The largest absolute Gasteiger partial charge is 0.466 e. The van der Waals surface area contributed by atoms with E-state index in [1.165, 1.54) is 28.8 Å². The summed E-state index contributed by atoms with van der Waals surface area (Å²) in [5.41, 5.74) is -0.945. The van der Waals surface area contributed by atoms with Gasteiger partial charge in [0, 0.05) is 22.3 Å². The number of amides is 2. The van der Waals surface area contributed by atoms with Crippen LogP contribution in [0.15, 0.2) is 35.1 Å². The number of aromatic nitrogens is 1. The van der Waals surface area contributed by atoms with E-state index in [2.05, 4.69) is 0 Å². The van der Waals surface area contributed by atoms with E-state index in [1.54, 1.807) is 54.5 Å². The highest BCUT2D eigenvalue weighted by molar-refractivity contribution is 6.31. The van der Waals surface area contributed by atoms with Crippen LogP contribution in [0, 0.1) is 0 Å². The van der Waals surface area contributed by atoms with Gasteiger partial charge in [0.15, 0.2) is 5.78 Å². The van der Waals surface area contributed by atoms with Gasteiger partial charge in [0.25, 0.3) is 5.56 Å². The van der Waals surface area contributed by atoms with Crippen molar-refractivity contribution in [2.75, 3.05) is 11.5 Å². The van der Waals surface area contributed by atoms with E-state index in [1.807, 2.05) is 0 Å². The monoisotopic (exact) mass is 574 g/mol. The van der Waals surface area contributed by atoms with E-state index in [0.717, 1.165) is 4.90 Å². The van der Waals surface area contributed by atoms with Crippen molar-refractivity contribution in [3.05, 3.63) is 51.4 Å². The molecule has 216 valence electrons. The molecule has 2 amide bonds. The number of imide groups is 1. The molecule has 1 unspecified atom stereocenters. The number of hydrogen-bond acceptors (Lipinski definition) is 8. The summed E-state index contributed by atoms with van der Waals surface area (Å²) in [6, 6.07) is 6.73. The highest BCUT2D eigenvalue weighted by Crippen LogP contribution is 2.37. The van der Waals surface area contributed by atoms with Crippen molar-refractivity contribution in [3.8, 4) is 11.1 Å². The zero-order valence-electron chi connectivity index (χ0n) is 23.8. The molecule has 0 radical (unpaired) electrons. The summed E-state index contributed by atoms with van der Waals surface area (Å²) in [6.07, 6.45) is -1.60. The molecule has 2 aromatic rings. The normalized spacial score (nSPS) is 14.8. The molecule has 11 heteroatoms. The Hall–Kier alpha value is -3.66. The summed E-state index contributed by atoms with van der Waals surface area (Å²) >= 11 is 6.32.